The maximum atomic E-state index is 5.39. The topological polar surface area (TPSA) is 38.9 Å². The predicted molar refractivity (Wildman–Crippen MR) is 47.7 cm³/mol. The molecule has 0 unspecified atom stereocenters. The molecule has 3 heteroatoms. The van der Waals surface area contributed by atoms with E-state index < -0.39 is 0 Å². The van der Waals surface area contributed by atoms with Crippen LogP contribution in [0, 0.1) is 0 Å². The molecule has 0 spiro atoms. The summed E-state index contributed by atoms with van der Waals surface area (Å²) < 4.78 is 5.39. The van der Waals surface area contributed by atoms with E-state index in [1.807, 2.05) is 27.7 Å². The quantitative estimate of drug-likeness (QED) is 0.643. The Hall–Kier alpha value is -1.12. The van der Waals surface area contributed by atoms with E-state index in [-0.39, 0.29) is 5.41 Å². The van der Waals surface area contributed by atoms with Crippen molar-refractivity contribution >= 4 is 5.57 Å². The van der Waals surface area contributed by atoms with Crippen molar-refractivity contribution in [3.05, 3.63) is 18.4 Å². The molecule has 12 heavy (non-hydrogen) atoms. The molecule has 0 aliphatic rings. The molecule has 1 heterocycles. The molecule has 0 radical (unpaired) electrons. The van der Waals surface area contributed by atoms with Crippen LogP contribution in [0.25, 0.3) is 5.57 Å². The maximum Gasteiger partial charge on any atom is 0.242 e. The third-order valence-electron chi connectivity index (χ3n) is 1.43. The maximum absolute atomic E-state index is 5.39. The van der Waals surface area contributed by atoms with Crippen LogP contribution in [-0.4, -0.2) is 10.2 Å². The first-order valence-corrected chi connectivity index (χ1v) is 3.91. The normalized spacial score (nSPS) is 11.7. The SMILES string of the molecule is C=C(C)c1nnc(C(C)(C)C)o1. The van der Waals surface area contributed by atoms with Crippen molar-refractivity contribution in [1.82, 2.24) is 10.2 Å². The summed E-state index contributed by atoms with van der Waals surface area (Å²) in [4.78, 5) is 0. The van der Waals surface area contributed by atoms with Gasteiger partial charge < -0.3 is 4.42 Å². The number of aromatic nitrogens is 2. The Labute approximate surface area is 72.5 Å². The Balaban J connectivity index is 3.00. The van der Waals surface area contributed by atoms with Gasteiger partial charge in [0.2, 0.25) is 11.8 Å². The molecule has 0 amide bonds. The lowest BCUT2D eigenvalue weighted by Gasteiger charge is -2.10. The van der Waals surface area contributed by atoms with Gasteiger partial charge in [-0.05, 0) is 6.92 Å². The van der Waals surface area contributed by atoms with Gasteiger partial charge in [-0.15, -0.1) is 10.2 Å². The molecule has 0 saturated heterocycles. The van der Waals surface area contributed by atoms with Crippen LogP contribution in [0.2, 0.25) is 0 Å². The van der Waals surface area contributed by atoms with E-state index in [1.165, 1.54) is 0 Å². The van der Waals surface area contributed by atoms with E-state index in [0.29, 0.717) is 11.8 Å². The van der Waals surface area contributed by atoms with Crippen LogP contribution in [0.1, 0.15) is 39.5 Å². The van der Waals surface area contributed by atoms with Gasteiger partial charge in [0.25, 0.3) is 0 Å². The predicted octanol–water partition coefficient (Wildman–Crippen LogP) is 2.40. The zero-order valence-electron chi connectivity index (χ0n) is 8.01. The monoisotopic (exact) mass is 166 g/mol. The molecule has 0 saturated carbocycles. The molecular weight excluding hydrogens is 152 g/mol. The van der Waals surface area contributed by atoms with E-state index in [2.05, 4.69) is 16.8 Å². The molecule has 66 valence electrons. The first-order chi connectivity index (χ1) is 5.41. The van der Waals surface area contributed by atoms with Gasteiger partial charge in [0.1, 0.15) is 0 Å². The molecule has 0 aliphatic carbocycles. The van der Waals surface area contributed by atoms with E-state index in [9.17, 15) is 0 Å². The lowest BCUT2D eigenvalue weighted by atomic mass is 9.97. The van der Waals surface area contributed by atoms with Crippen molar-refractivity contribution in [2.45, 2.75) is 33.1 Å². The average Bonchev–Trinajstić information content (AvgIpc) is 2.30. The lowest BCUT2D eigenvalue weighted by Crippen LogP contribution is -2.11. The van der Waals surface area contributed by atoms with Crippen molar-refractivity contribution in [3.8, 4) is 0 Å². The molecule has 3 nitrogen and oxygen atoms in total. The van der Waals surface area contributed by atoms with Gasteiger partial charge in [0.15, 0.2) is 0 Å². The fourth-order valence-corrected chi connectivity index (χ4v) is 0.699. The van der Waals surface area contributed by atoms with Crippen molar-refractivity contribution in [1.29, 1.82) is 0 Å². The minimum atomic E-state index is -0.0826. The van der Waals surface area contributed by atoms with E-state index >= 15 is 0 Å². The molecule has 0 aliphatic heterocycles. The van der Waals surface area contributed by atoms with Crippen LogP contribution >= 0.6 is 0 Å². The number of hydrogen-bond acceptors (Lipinski definition) is 3. The Morgan fingerprint density at radius 2 is 1.92 bits per heavy atom. The standard InChI is InChI=1S/C9H14N2O/c1-6(2)7-10-11-8(12-7)9(3,4)5/h1H2,2-5H3. The minimum Gasteiger partial charge on any atom is -0.421 e. The van der Waals surface area contributed by atoms with Crippen LogP contribution < -0.4 is 0 Å². The largest absolute Gasteiger partial charge is 0.421 e. The van der Waals surface area contributed by atoms with E-state index in [1.54, 1.807) is 0 Å². The Morgan fingerprint density at radius 1 is 1.33 bits per heavy atom. The fourth-order valence-electron chi connectivity index (χ4n) is 0.699. The summed E-state index contributed by atoms with van der Waals surface area (Å²) in [6.45, 7) is 11.7. The summed E-state index contributed by atoms with van der Waals surface area (Å²) in [5, 5.41) is 7.80. The average molecular weight is 166 g/mol. The second-order valence-electron chi connectivity index (χ2n) is 3.94. The number of rotatable bonds is 1. The molecule has 0 atom stereocenters. The van der Waals surface area contributed by atoms with Crippen LogP contribution in [-0.2, 0) is 5.41 Å². The second kappa shape index (κ2) is 2.73. The van der Waals surface area contributed by atoms with Crippen molar-refractivity contribution < 1.29 is 4.42 Å². The van der Waals surface area contributed by atoms with Crippen molar-refractivity contribution in [3.63, 3.8) is 0 Å². The van der Waals surface area contributed by atoms with Gasteiger partial charge >= 0.3 is 0 Å². The van der Waals surface area contributed by atoms with Crippen molar-refractivity contribution in [2.24, 2.45) is 0 Å². The smallest absolute Gasteiger partial charge is 0.242 e. The Kier molecular flexibility index (Phi) is 2.04. The van der Waals surface area contributed by atoms with Gasteiger partial charge in [0.05, 0.1) is 0 Å². The molecule has 1 aromatic rings. The number of allylic oxidation sites excluding steroid dienone is 1. The lowest BCUT2D eigenvalue weighted by molar-refractivity contribution is 0.387. The fraction of sp³-hybridized carbons (Fsp3) is 0.556. The third-order valence-corrected chi connectivity index (χ3v) is 1.43. The van der Waals surface area contributed by atoms with Gasteiger partial charge in [-0.2, -0.15) is 0 Å². The van der Waals surface area contributed by atoms with Crippen LogP contribution in [0.15, 0.2) is 11.0 Å². The second-order valence-corrected chi connectivity index (χ2v) is 3.94. The summed E-state index contributed by atoms with van der Waals surface area (Å²) in [6.07, 6.45) is 0. The van der Waals surface area contributed by atoms with Crippen LogP contribution in [0.5, 0.6) is 0 Å². The van der Waals surface area contributed by atoms with Crippen molar-refractivity contribution in [2.75, 3.05) is 0 Å². The molecule has 0 fully saturated rings. The summed E-state index contributed by atoms with van der Waals surface area (Å²) in [7, 11) is 0. The first-order valence-electron chi connectivity index (χ1n) is 3.91. The molecule has 1 aromatic heterocycles. The van der Waals surface area contributed by atoms with Gasteiger partial charge in [0, 0.05) is 11.0 Å². The molecular formula is C9H14N2O. The molecule has 0 N–H and O–H groups in total. The summed E-state index contributed by atoms with van der Waals surface area (Å²) in [6, 6.07) is 0. The van der Waals surface area contributed by atoms with Crippen LogP contribution in [0.3, 0.4) is 0 Å². The molecule has 0 bridgehead atoms. The third kappa shape index (κ3) is 1.72. The van der Waals surface area contributed by atoms with E-state index in [0.717, 1.165) is 5.57 Å². The number of hydrogen-bond donors (Lipinski definition) is 0. The van der Waals surface area contributed by atoms with Gasteiger partial charge in [-0.25, -0.2) is 0 Å². The van der Waals surface area contributed by atoms with E-state index in [4.69, 9.17) is 4.42 Å². The Morgan fingerprint density at radius 3 is 2.17 bits per heavy atom. The highest BCUT2D eigenvalue weighted by Crippen LogP contribution is 2.21. The summed E-state index contributed by atoms with van der Waals surface area (Å²) >= 11 is 0. The first kappa shape index (κ1) is 8.97. The summed E-state index contributed by atoms with van der Waals surface area (Å²) in [5.41, 5.74) is 0.721. The minimum absolute atomic E-state index is 0.0826. The zero-order chi connectivity index (χ0) is 9.35. The van der Waals surface area contributed by atoms with Gasteiger partial charge in [-0.3, -0.25) is 0 Å². The zero-order valence-corrected chi connectivity index (χ0v) is 8.01. The van der Waals surface area contributed by atoms with Gasteiger partial charge in [-0.1, -0.05) is 27.4 Å². The number of nitrogens with zero attached hydrogens (tertiary/aromatic N) is 2. The highest BCUT2D eigenvalue weighted by Gasteiger charge is 2.21. The highest BCUT2D eigenvalue weighted by atomic mass is 16.4. The Bertz CT molecular complexity index is 294. The van der Waals surface area contributed by atoms with Crippen LogP contribution in [0.4, 0.5) is 0 Å². The highest BCUT2D eigenvalue weighted by molar-refractivity contribution is 5.51. The summed E-state index contributed by atoms with van der Waals surface area (Å²) in [5.74, 6) is 1.18. The molecule has 0 aromatic carbocycles. The molecule has 1 rings (SSSR count).